The van der Waals surface area contributed by atoms with Crippen molar-refractivity contribution in [3.05, 3.63) is 340 Å². The number of hydrogen-bond donors (Lipinski definition) is 0. The topological polar surface area (TPSA) is 51.6 Å². The molecule has 24 heteroatoms. The molecular formula is C80H76Ag2B2Cl4F8N4P4+4. The molecule has 0 aliphatic carbocycles. The number of pyridine rings is 4. The van der Waals surface area contributed by atoms with Crippen molar-refractivity contribution in [1.29, 1.82) is 0 Å². The summed E-state index contributed by atoms with van der Waals surface area (Å²) in [7, 11) is -15.0. The van der Waals surface area contributed by atoms with Crippen molar-refractivity contribution < 1.29 is 79.3 Å². The van der Waals surface area contributed by atoms with E-state index in [-0.39, 0.29) is 55.4 Å². The van der Waals surface area contributed by atoms with E-state index in [9.17, 15) is 34.5 Å². The third kappa shape index (κ3) is 32.1. The molecule has 0 radical (unpaired) electrons. The minimum absolute atomic E-state index is 0. The minimum atomic E-state index is -6.00. The van der Waals surface area contributed by atoms with Crippen LogP contribution in [0.15, 0.2) is 340 Å². The molecule has 14 rings (SSSR count). The molecule has 10 aromatic carbocycles. The Kier molecular flexibility index (Phi) is 42.2. The van der Waals surface area contributed by atoms with Crippen molar-refractivity contribution in [2.75, 3.05) is 35.3 Å². The first-order chi connectivity index (χ1) is 49.6. The van der Waals surface area contributed by atoms with E-state index in [1.165, 1.54) is 79.9 Å². The quantitative estimate of drug-likeness (QED) is 0.0318. The van der Waals surface area contributed by atoms with Crippen LogP contribution in [0.4, 0.5) is 34.5 Å². The van der Waals surface area contributed by atoms with Crippen molar-refractivity contribution in [1.82, 2.24) is 19.9 Å². The average molecular weight is 1750 g/mol. The zero-order valence-corrected chi connectivity index (χ0v) is 66.1. The fourth-order valence-electron chi connectivity index (χ4n) is 11.2. The molecule has 0 unspecified atom stereocenters. The van der Waals surface area contributed by atoms with Gasteiger partial charge in [0.1, 0.15) is 0 Å². The Labute approximate surface area is 660 Å². The summed E-state index contributed by atoms with van der Waals surface area (Å²) < 4.78 is 78.0. The van der Waals surface area contributed by atoms with Crippen LogP contribution in [0, 0.1) is 0 Å². The van der Waals surface area contributed by atoms with E-state index in [4.69, 9.17) is 46.4 Å². The van der Waals surface area contributed by atoms with E-state index in [0.29, 0.717) is 0 Å². The number of hydrogen-bond acceptors (Lipinski definition) is 4. The predicted octanol–water partition coefficient (Wildman–Crippen LogP) is 21.2. The van der Waals surface area contributed by atoms with Crippen molar-refractivity contribution in [3.8, 4) is 0 Å². The Morgan fingerprint density at radius 3 is 0.490 bits per heavy atom. The number of benzene rings is 10. The zero-order valence-electron chi connectivity index (χ0n) is 56.1. The third-order valence-electron chi connectivity index (χ3n) is 15.4. The van der Waals surface area contributed by atoms with Gasteiger partial charge in [0.25, 0.3) is 0 Å². The Hall–Kier alpha value is -6.23. The fourth-order valence-corrected chi connectivity index (χ4v) is 22.4. The summed E-state index contributed by atoms with van der Waals surface area (Å²) in [6.45, 7) is 0. The van der Waals surface area contributed by atoms with E-state index >= 15 is 0 Å². The number of aromatic nitrogens is 4. The van der Waals surface area contributed by atoms with Crippen molar-refractivity contribution in [2.24, 2.45) is 0 Å². The van der Waals surface area contributed by atoms with Crippen LogP contribution in [0.1, 0.15) is 12.8 Å². The summed E-state index contributed by atoms with van der Waals surface area (Å²) in [6.07, 6.45) is 14.9. The van der Waals surface area contributed by atoms with Gasteiger partial charge >= 0.3 is 59.3 Å². The number of alkyl halides is 4. The molecule has 0 saturated heterocycles. The number of fused-ring (bicyclic) bond motifs is 6. The molecule has 0 atom stereocenters. The van der Waals surface area contributed by atoms with E-state index in [0.717, 1.165) is 43.6 Å². The molecule has 0 spiro atoms. The maximum atomic E-state index is 9.75. The van der Waals surface area contributed by atoms with E-state index < -0.39 is 46.2 Å². The van der Waals surface area contributed by atoms with Crippen LogP contribution >= 0.6 is 78.1 Å². The first-order valence-electron chi connectivity index (χ1n) is 32.6. The van der Waals surface area contributed by atoms with Crippen molar-refractivity contribution in [2.45, 2.75) is 12.8 Å². The van der Waals surface area contributed by atoms with Gasteiger partial charge < -0.3 is 34.5 Å². The van der Waals surface area contributed by atoms with Crippen molar-refractivity contribution in [3.63, 3.8) is 0 Å². The molecule has 0 amide bonds. The number of rotatable bonds is 16. The summed E-state index contributed by atoms with van der Waals surface area (Å²) in [6, 6.07) is 113. The van der Waals surface area contributed by atoms with E-state index in [2.05, 4.69) is 311 Å². The zero-order chi connectivity index (χ0) is 72.6. The molecule has 0 aliphatic heterocycles. The van der Waals surface area contributed by atoms with Gasteiger partial charge in [-0.1, -0.05) is 194 Å². The summed E-state index contributed by atoms with van der Waals surface area (Å²) in [5, 5.41) is 17.1. The van der Waals surface area contributed by atoms with Crippen LogP contribution in [0.25, 0.3) is 43.6 Å². The van der Waals surface area contributed by atoms with Gasteiger partial charge in [0.15, 0.2) is 0 Å². The Balaban J connectivity index is 0.000000239. The standard InChI is InChI=1S/2C27H26P2.2C12H8N2.2CH2Cl2.2Ag.2BF4/c2*1-5-14-24(15-6-1)28(25-16-7-2-8-17-25)22-13-23-29(26-18-9-3-10-19-26)27-20-11-4-12-21-27;2*1-3-9-5-6-10-4-2-8-14-12(10)11(9)13-7-1;2*2-1-3;;;2*2-1(3,4)5/h2*1-12,14-21H,13,22-23H2;2*1-8H;2*1H2;;;;/q;;;;;;2*+1;2*-1/p+4. The van der Waals surface area contributed by atoms with Gasteiger partial charge in [-0.25, -0.2) is 0 Å². The summed E-state index contributed by atoms with van der Waals surface area (Å²) in [5.41, 5.74) is 3.91. The van der Waals surface area contributed by atoms with Gasteiger partial charge in [-0.3, -0.25) is 19.9 Å². The Morgan fingerprint density at radius 1 is 0.221 bits per heavy atom. The first-order valence-corrected chi connectivity index (χ1v) is 41.6. The Bertz CT molecular complexity index is 3860. The molecule has 0 aliphatic rings. The molecule has 104 heavy (non-hydrogen) atoms. The minimum Gasteiger partial charge on any atom is -0.418 e. The molecule has 0 saturated carbocycles. The number of halogens is 12. The molecule has 544 valence electrons. The van der Waals surface area contributed by atoms with Crippen LogP contribution in [-0.4, -0.2) is 69.8 Å². The summed E-state index contributed by atoms with van der Waals surface area (Å²) in [5.74, 6) is 0. The normalized spacial score (nSPS) is 10.6. The van der Waals surface area contributed by atoms with Crippen molar-refractivity contribution >= 4 is 179 Å². The molecule has 0 N–H and O–H groups in total. The monoisotopic (exact) mass is 1740 g/mol. The van der Waals surface area contributed by atoms with Gasteiger partial charge in [0.2, 0.25) is 0 Å². The molecule has 4 heterocycles. The van der Waals surface area contributed by atoms with Gasteiger partial charge in [-0.05, 0) is 121 Å². The molecule has 4 nitrogen and oxygen atoms in total. The van der Waals surface area contributed by atoms with Crippen LogP contribution in [0.5, 0.6) is 0 Å². The van der Waals surface area contributed by atoms with Crippen LogP contribution in [0.2, 0.25) is 0 Å². The van der Waals surface area contributed by atoms with E-state index in [1.54, 1.807) is 24.8 Å². The smallest absolute Gasteiger partial charge is 0.418 e. The second kappa shape index (κ2) is 49.6. The second-order valence-corrected chi connectivity index (χ2v) is 34.2. The second-order valence-electron chi connectivity index (χ2n) is 22.2. The molecular weight excluding hydrogens is 1670 g/mol. The molecule has 4 aromatic heterocycles. The predicted molar refractivity (Wildman–Crippen MR) is 438 cm³/mol. The largest absolute Gasteiger partial charge is 1.00 e. The molecule has 0 bridgehead atoms. The first kappa shape index (κ1) is 88.4. The van der Waals surface area contributed by atoms with Gasteiger partial charge in [-0.15, -0.1) is 46.4 Å². The molecule has 14 aromatic rings. The van der Waals surface area contributed by atoms with Gasteiger partial charge in [-0.2, -0.15) is 0 Å². The van der Waals surface area contributed by atoms with Crippen LogP contribution in [0.3, 0.4) is 0 Å². The van der Waals surface area contributed by atoms with Gasteiger partial charge in [0, 0.05) is 59.2 Å². The molecule has 0 fully saturated rings. The summed E-state index contributed by atoms with van der Waals surface area (Å²) in [4.78, 5) is 17.4. The number of nitrogens with zero attached hydrogens (tertiary/aromatic N) is 4. The Morgan fingerprint density at radius 2 is 0.356 bits per heavy atom. The fraction of sp³-hybridized carbons (Fsp3) is 0.100. The SMILES string of the molecule is ClCCl.ClCCl.F[B-](F)(F)F.F[B-](F)(F)F.[Ag+].[Ag+].c1ccc([PH+](CCC[PH+](c2ccccc2)c2ccccc2)c2ccccc2)cc1.c1ccc([PH+](CCC[PH+](c2ccccc2)c2ccccc2)c2ccccc2)cc1.c1cnc2c(c1)ccc1cccnc12.c1cnc2c(c1)ccc1cccnc12. The van der Waals surface area contributed by atoms with Crippen LogP contribution < -0.4 is 42.4 Å². The summed E-state index contributed by atoms with van der Waals surface area (Å²) >= 11 is 19.1. The maximum Gasteiger partial charge on any atom is 1.00 e. The van der Waals surface area contributed by atoms with Gasteiger partial charge in [0.05, 0.1) is 132 Å². The van der Waals surface area contributed by atoms with E-state index in [1.807, 2.05) is 24.3 Å². The third-order valence-corrected chi connectivity index (χ3v) is 27.0. The van der Waals surface area contributed by atoms with Crippen LogP contribution in [-0.2, 0) is 44.8 Å². The maximum absolute atomic E-state index is 9.75. The average Bonchev–Trinajstić information content (AvgIpc) is 0.804.